The van der Waals surface area contributed by atoms with E-state index in [0.29, 0.717) is 0 Å². The van der Waals surface area contributed by atoms with Crippen molar-refractivity contribution in [2.24, 2.45) is 0 Å². The summed E-state index contributed by atoms with van der Waals surface area (Å²) in [7, 11) is 2.75. The van der Waals surface area contributed by atoms with Crippen LogP contribution in [-0.2, 0) is 4.74 Å². The van der Waals surface area contributed by atoms with Gasteiger partial charge in [0.2, 0.25) is 17.5 Å². The van der Waals surface area contributed by atoms with Crippen molar-refractivity contribution in [2.75, 3.05) is 20.8 Å². The highest BCUT2D eigenvalue weighted by Gasteiger charge is 2.44. The molecule has 5 atom stereocenters. The van der Waals surface area contributed by atoms with Gasteiger partial charge in [0.25, 0.3) is 0 Å². The Bertz CT molecular complexity index is 1200. The highest BCUT2D eigenvalue weighted by Crippen LogP contribution is 2.41. The van der Waals surface area contributed by atoms with Crippen molar-refractivity contribution < 1.29 is 48.9 Å². The molecular formula is C21H22O11. The van der Waals surface area contributed by atoms with Crippen LogP contribution in [0, 0.1) is 0 Å². The number of aromatic hydroxyl groups is 1. The Morgan fingerprint density at radius 1 is 1.03 bits per heavy atom. The summed E-state index contributed by atoms with van der Waals surface area (Å²) in [4.78, 5) is 13.1. The van der Waals surface area contributed by atoms with E-state index in [0.717, 1.165) is 0 Å². The molecule has 1 unspecified atom stereocenters. The Morgan fingerprint density at radius 2 is 1.78 bits per heavy atom. The standard InChI is InChI=1S/C21H22O11/c1-28-12-6-10(23)14-15(24)9-5-8(3-4-11(9)31-20(14)19(12)29-2)30-21-18(27)17(26)16(25)13(7-22)32-21/h3-6,13,16-18,21-23,25-27H,7H2,1-2H3/t13-,16-,17+,18-,21?/m1/s1. The number of rotatable bonds is 5. The van der Waals surface area contributed by atoms with Crippen LogP contribution in [0.3, 0.4) is 0 Å². The summed E-state index contributed by atoms with van der Waals surface area (Å²) in [5, 5.41) is 49.6. The van der Waals surface area contributed by atoms with Crippen LogP contribution in [0.25, 0.3) is 21.9 Å². The summed E-state index contributed by atoms with van der Waals surface area (Å²) >= 11 is 0. The van der Waals surface area contributed by atoms with Gasteiger partial charge in [-0.15, -0.1) is 0 Å². The monoisotopic (exact) mass is 450 g/mol. The first kappa shape index (κ1) is 22.1. The summed E-state index contributed by atoms with van der Waals surface area (Å²) in [6.45, 7) is -0.608. The topological polar surface area (TPSA) is 168 Å². The van der Waals surface area contributed by atoms with E-state index in [2.05, 4.69) is 0 Å². The van der Waals surface area contributed by atoms with E-state index in [1.165, 1.54) is 38.5 Å². The van der Waals surface area contributed by atoms with E-state index in [1.807, 2.05) is 0 Å². The van der Waals surface area contributed by atoms with Crippen LogP contribution in [-0.4, -0.2) is 77.1 Å². The molecule has 5 N–H and O–H groups in total. The Morgan fingerprint density at radius 3 is 2.44 bits per heavy atom. The fourth-order valence-electron chi connectivity index (χ4n) is 3.66. The molecule has 1 saturated heterocycles. The summed E-state index contributed by atoms with van der Waals surface area (Å²) in [6, 6.07) is 5.42. The molecule has 0 radical (unpaired) electrons. The lowest BCUT2D eigenvalue weighted by Crippen LogP contribution is -2.60. The summed E-state index contributed by atoms with van der Waals surface area (Å²) in [6.07, 6.45) is -7.32. The Labute approximate surface area is 180 Å². The zero-order valence-corrected chi connectivity index (χ0v) is 17.1. The maximum Gasteiger partial charge on any atom is 0.229 e. The third-order valence-corrected chi connectivity index (χ3v) is 5.34. The van der Waals surface area contributed by atoms with Crippen LogP contribution in [0.4, 0.5) is 0 Å². The Kier molecular flexibility index (Phi) is 5.84. The van der Waals surface area contributed by atoms with Gasteiger partial charge in [0.05, 0.1) is 26.2 Å². The van der Waals surface area contributed by atoms with E-state index < -0.39 is 42.7 Å². The molecule has 0 bridgehead atoms. The van der Waals surface area contributed by atoms with Gasteiger partial charge in [-0.25, -0.2) is 0 Å². The summed E-state index contributed by atoms with van der Waals surface area (Å²) in [5.41, 5.74) is -0.405. The number of fused-ring (bicyclic) bond motifs is 2. The average Bonchev–Trinajstić information content (AvgIpc) is 2.79. The molecule has 11 nitrogen and oxygen atoms in total. The van der Waals surface area contributed by atoms with Crippen molar-refractivity contribution in [1.29, 1.82) is 0 Å². The molecule has 4 rings (SSSR count). The predicted octanol–water partition coefficient (Wildman–Crippen LogP) is -0.152. The van der Waals surface area contributed by atoms with Gasteiger partial charge in [-0.1, -0.05) is 0 Å². The van der Waals surface area contributed by atoms with Gasteiger partial charge < -0.3 is 48.9 Å². The van der Waals surface area contributed by atoms with Gasteiger partial charge in [0, 0.05) is 6.07 Å². The number of phenols is 1. The summed E-state index contributed by atoms with van der Waals surface area (Å²) in [5.74, 6) is 0.0329. The normalized spacial score (nSPS) is 25.8. The molecule has 1 fully saturated rings. The first-order chi connectivity index (χ1) is 15.3. The van der Waals surface area contributed by atoms with E-state index in [-0.39, 0.29) is 44.9 Å². The van der Waals surface area contributed by atoms with Crippen LogP contribution in [0.5, 0.6) is 23.0 Å². The largest absolute Gasteiger partial charge is 0.507 e. The van der Waals surface area contributed by atoms with Gasteiger partial charge in [0.1, 0.15) is 46.9 Å². The third kappa shape index (κ3) is 3.49. The second kappa shape index (κ2) is 8.45. The predicted molar refractivity (Wildman–Crippen MR) is 109 cm³/mol. The molecule has 32 heavy (non-hydrogen) atoms. The molecule has 172 valence electrons. The number of ether oxygens (including phenoxy) is 4. The Balaban J connectivity index is 1.78. The first-order valence-corrected chi connectivity index (χ1v) is 9.62. The van der Waals surface area contributed by atoms with Crippen molar-refractivity contribution in [3.63, 3.8) is 0 Å². The van der Waals surface area contributed by atoms with Crippen molar-refractivity contribution in [3.8, 4) is 23.0 Å². The number of methoxy groups -OCH3 is 2. The van der Waals surface area contributed by atoms with Crippen molar-refractivity contribution in [3.05, 3.63) is 34.5 Å². The SMILES string of the molecule is COc1cc(O)c2c(=O)c3cc(OC4O[C@H](CO)[C@@H](O)[C@H](O)[C@H]4O)ccc3oc2c1OC. The maximum atomic E-state index is 13.1. The highest BCUT2D eigenvalue weighted by molar-refractivity contribution is 5.97. The molecule has 0 spiro atoms. The zero-order chi connectivity index (χ0) is 23.2. The minimum Gasteiger partial charge on any atom is -0.507 e. The molecule has 0 saturated carbocycles. The molecule has 2 heterocycles. The molecule has 3 aromatic rings. The number of phenolic OH excluding ortho intramolecular Hbond substituents is 1. The lowest BCUT2D eigenvalue weighted by Gasteiger charge is -2.39. The lowest BCUT2D eigenvalue weighted by atomic mass is 9.99. The van der Waals surface area contributed by atoms with Gasteiger partial charge in [0.15, 0.2) is 11.3 Å². The fourth-order valence-corrected chi connectivity index (χ4v) is 3.66. The van der Waals surface area contributed by atoms with Crippen molar-refractivity contribution in [1.82, 2.24) is 0 Å². The second-order valence-corrected chi connectivity index (χ2v) is 7.24. The van der Waals surface area contributed by atoms with Crippen LogP contribution < -0.4 is 19.6 Å². The van der Waals surface area contributed by atoms with E-state index in [4.69, 9.17) is 23.4 Å². The van der Waals surface area contributed by atoms with Crippen molar-refractivity contribution >= 4 is 21.9 Å². The first-order valence-electron chi connectivity index (χ1n) is 9.62. The lowest BCUT2D eigenvalue weighted by molar-refractivity contribution is -0.277. The van der Waals surface area contributed by atoms with E-state index in [9.17, 15) is 30.3 Å². The Hall–Kier alpha value is -3.09. The molecule has 1 aliphatic rings. The second-order valence-electron chi connectivity index (χ2n) is 7.24. The van der Waals surface area contributed by atoms with Gasteiger partial charge in [-0.05, 0) is 18.2 Å². The van der Waals surface area contributed by atoms with E-state index >= 15 is 0 Å². The third-order valence-electron chi connectivity index (χ3n) is 5.34. The van der Waals surface area contributed by atoms with Crippen LogP contribution in [0.2, 0.25) is 0 Å². The number of hydrogen-bond donors (Lipinski definition) is 5. The van der Waals surface area contributed by atoms with Gasteiger partial charge in [-0.2, -0.15) is 0 Å². The smallest absolute Gasteiger partial charge is 0.229 e. The fraction of sp³-hybridized carbons (Fsp3) is 0.381. The average molecular weight is 450 g/mol. The molecule has 0 amide bonds. The highest BCUT2D eigenvalue weighted by atomic mass is 16.7. The summed E-state index contributed by atoms with van der Waals surface area (Å²) < 4.78 is 27.1. The minimum atomic E-state index is -1.61. The number of hydrogen-bond acceptors (Lipinski definition) is 11. The number of aliphatic hydroxyl groups is 4. The zero-order valence-electron chi connectivity index (χ0n) is 17.1. The maximum absolute atomic E-state index is 13.1. The van der Waals surface area contributed by atoms with Gasteiger partial charge >= 0.3 is 0 Å². The molecule has 2 aromatic carbocycles. The van der Waals surface area contributed by atoms with Crippen LogP contribution in [0.1, 0.15) is 0 Å². The molecule has 1 aromatic heterocycles. The molecule has 0 aliphatic carbocycles. The quantitative estimate of drug-likeness (QED) is 0.328. The number of aliphatic hydroxyl groups excluding tert-OH is 4. The van der Waals surface area contributed by atoms with Crippen LogP contribution >= 0.6 is 0 Å². The number of benzene rings is 2. The molecular weight excluding hydrogens is 428 g/mol. The van der Waals surface area contributed by atoms with Gasteiger partial charge in [-0.3, -0.25) is 4.79 Å². The van der Waals surface area contributed by atoms with Crippen LogP contribution in [0.15, 0.2) is 33.5 Å². The molecule has 11 heteroatoms. The minimum absolute atomic E-state index is 0.00412. The molecule has 1 aliphatic heterocycles. The van der Waals surface area contributed by atoms with E-state index in [1.54, 1.807) is 0 Å². The van der Waals surface area contributed by atoms with Crippen molar-refractivity contribution in [2.45, 2.75) is 30.7 Å².